The van der Waals surface area contributed by atoms with E-state index in [9.17, 15) is 0 Å². The largest absolute Gasteiger partial charge is 0.254 e. The van der Waals surface area contributed by atoms with Crippen molar-refractivity contribution < 1.29 is 0 Å². The molecular weight excluding hydrogens is 314 g/mol. The van der Waals surface area contributed by atoms with E-state index in [-0.39, 0.29) is 0 Å². The Balaban J connectivity index is 1.96. The molecule has 0 saturated heterocycles. The number of benzene rings is 3. The predicted molar refractivity (Wildman–Crippen MR) is 100 cm³/mol. The number of rotatable bonds is 3. The Labute approximate surface area is 146 Å². The molecule has 0 amide bonds. The van der Waals surface area contributed by atoms with E-state index in [4.69, 9.17) is 11.6 Å². The molecule has 0 saturated carbocycles. The van der Waals surface area contributed by atoms with Gasteiger partial charge in [-0.15, -0.1) is 0 Å². The van der Waals surface area contributed by atoms with Crippen LogP contribution in [-0.2, 0) is 6.42 Å². The van der Waals surface area contributed by atoms with Crippen molar-refractivity contribution in [3.05, 3.63) is 101 Å². The topological polar surface area (TPSA) is 12.9 Å². The van der Waals surface area contributed by atoms with Crippen molar-refractivity contribution in [1.82, 2.24) is 4.98 Å². The van der Waals surface area contributed by atoms with Gasteiger partial charge in [0, 0.05) is 11.6 Å². The summed E-state index contributed by atoms with van der Waals surface area (Å²) < 4.78 is 0. The van der Waals surface area contributed by atoms with Crippen LogP contribution >= 0.6 is 11.6 Å². The van der Waals surface area contributed by atoms with E-state index in [0.717, 1.165) is 22.9 Å². The first-order chi connectivity index (χ1) is 11.8. The number of pyridine rings is 1. The van der Waals surface area contributed by atoms with Gasteiger partial charge < -0.3 is 0 Å². The maximum absolute atomic E-state index is 6.36. The maximum Gasteiger partial charge on any atom is 0.0894 e. The lowest BCUT2D eigenvalue weighted by Gasteiger charge is -2.14. The van der Waals surface area contributed by atoms with Gasteiger partial charge >= 0.3 is 0 Å². The van der Waals surface area contributed by atoms with Crippen LogP contribution in [0, 0.1) is 6.07 Å². The van der Waals surface area contributed by atoms with Crippen LogP contribution in [0.2, 0.25) is 5.02 Å². The SMILES string of the molecule is Clc1cccc2c(-c3c[c]ccc3)c(Cc3ccccc3)cnc12. The summed E-state index contributed by atoms with van der Waals surface area (Å²) in [5, 5.41) is 1.76. The molecular formula is C22H15ClN. The summed E-state index contributed by atoms with van der Waals surface area (Å²) in [6.07, 6.45) is 2.78. The Hall–Kier alpha value is -2.64. The van der Waals surface area contributed by atoms with Gasteiger partial charge in [0.05, 0.1) is 10.5 Å². The number of halogens is 1. The molecule has 0 atom stereocenters. The highest BCUT2D eigenvalue weighted by Gasteiger charge is 2.13. The van der Waals surface area contributed by atoms with Crippen LogP contribution in [-0.4, -0.2) is 4.98 Å². The van der Waals surface area contributed by atoms with Crippen molar-refractivity contribution in [2.24, 2.45) is 0 Å². The van der Waals surface area contributed by atoms with Crippen LogP contribution in [0.25, 0.3) is 22.0 Å². The third-order valence-corrected chi connectivity index (χ3v) is 4.46. The van der Waals surface area contributed by atoms with Crippen molar-refractivity contribution in [3.8, 4) is 11.1 Å². The Morgan fingerprint density at radius 3 is 2.58 bits per heavy atom. The van der Waals surface area contributed by atoms with E-state index in [0.29, 0.717) is 5.02 Å². The Kier molecular flexibility index (Phi) is 4.02. The molecule has 0 aliphatic carbocycles. The maximum atomic E-state index is 6.36. The second-order valence-corrected chi connectivity index (χ2v) is 6.16. The molecule has 1 radical (unpaired) electrons. The number of para-hydroxylation sites is 1. The van der Waals surface area contributed by atoms with Gasteiger partial charge in [-0.05, 0) is 46.9 Å². The van der Waals surface area contributed by atoms with Crippen LogP contribution in [0.4, 0.5) is 0 Å². The van der Waals surface area contributed by atoms with Crippen LogP contribution in [0.15, 0.2) is 79.0 Å². The number of hydrogen-bond donors (Lipinski definition) is 0. The molecule has 0 fully saturated rings. The number of nitrogens with zero attached hydrogens (tertiary/aromatic N) is 1. The fourth-order valence-electron chi connectivity index (χ4n) is 3.07. The van der Waals surface area contributed by atoms with Gasteiger partial charge in [0.25, 0.3) is 0 Å². The minimum atomic E-state index is 0.680. The van der Waals surface area contributed by atoms with E-state index >= 15 is 0 Å². The average molecular weight is 329 g/mol. The molecule has 3 aromatic carbocycles. The van der Waals surface area contributed by atoms with E-state index in [2.05, 4.69) is 47.4 Å². The Morgan fingerprint density at radius 2 is 1.79 bits per heavy atom. The van der Waals surface area contributed by atoms with E-state index < -0.39 is 0 Å². The molecule has 0 aliphatic rings. The molecule has 0 spiro atoms. The molecule has 4 rings (SSSR count). The van der Waals surface area contributed by atoms with E-state index in [1.165, 1.54) is 16.7 Å². The highest BCUT2D eigenvalue weighted by Crippen LogP contribution is 2.34. The van der Waals surface area contributed by atoms with Crippen LogP contribution in [0.3, 0.4) is 0 Å². The van der Waals surface area contributed by atoms with Gasteiger partial charge in [0.15, 0.2) is 0 Å². The smallest absolute Gasteiger partial charge is 0.0894 e. The molecule has 1 aromatic heterocycles. The second kappa shape index (κ2) is 6.46. The summed E-state index contributed by atoms with van der Waals surface area (Å²) in [7, 11) is 0. The van der Waals surface area contributed by atoms with Gasteiger partial charge in [0.2, 0.25) is 0 Å². The Bertz CT molecular complexity index is 979. The summed E-state index contributed by atoms with van der Waals surface area (Å²) in [5.74, 6) is 0. The fourth-order valence-corrected chi connectivity index (χ4v) is 3.29. The minimum absolute atomic E-state index is 0.680. The van der Waals surface area contributed by atoms with E-state index in [1.54, 1.807) is 0 Å². The monoisotopic (exact) mass is 328 g/mol. The first-order valence-corrected chi connectivity index (χ1v) is 8.27. The molecule has 0 N–H and O–H groups in total. The van der Waals surface area contributed by atoms with Crippen LogP contribution < -0.4 is 0 Å². The quantitative estimate of drug-likeness (QED) is 0.453. The predicted octanol–water partition coefficient (Wildman–Crippen LogP) is 5.95. The highest BCUT2D eigenvalue weighted by atomic mass is 35.5. The second-order valence-electron chi connectivity index (χ2n) is 5.75. The highest BCUT2D eigenvalue weighted by molar-refractivity contribution is 6.35. The molecule has 2 heteroatoms. The number of fused-ring (bicyclic) bond motifs is 1. The standard InChI is InChI=1S/C22H15ClN/c23-20-13-7-12-19-21(17-10-5-2-6-11-17)18(15-24-22(19)20)14-16-8-3-1-4-9-16/h1-5,7-13,15H,14H2. The lowest BCUT2D eigenvalue weighted by molar-refractivity contribution is 1.17. The summed E-state index contributed by atoms with van der Waals surface area (Å²) >= 11 is 6.36. The number of aromatic nitrogens is 1. The molecule has 1 heterocycles. The fraction of sp³-hybridized carbons (Fsp3) is 0.0455. The van der Waals surface area contributed by atoms with Gasteiger partial charge in [-0.3, -0.25) is 4.98 Å². The van der Waals surface area contributed by atoms with E-state index in [1.807, 2.05) is 42.6 Å². The van der Waals surface area contributed by atoms with Crippen LogP contribution in [0.1, 0.15) is 11.1 Å². The van der Waals surface area contributed by atoms with Crippen molar-refractivity contribution in [2.75, 3.05) is 0 Å². The molecule has 1 nitrogen and oxygen atoms in total. The Morgan fingerprint density at radius 1 is 0.917 bits per heavy atom. The zero-order valence-corrected chi connectivity index (χ0v) is 13.8. The average Bonchev–Trinajstić information content (AvgIpc) is 2.63. The van der Waals surface area contributed by atoms with Gasteiger partial charge in [-0.1, -0.05) is 72.3 Å². The molecule has 24 heavy (non-hydrogen) atoms. The molecule has 0 unspecified atom stereocenters. The number of hydrogen-bond acceptors (Lipinski definition) is 1. The summed E-state index contributed by atoms with van der Waals surface area (Å²) in [6, 6.07) is 27.6. The lowest BCUT2D eigenvalue weighted by atomic mass is 9.93. The summed E-state index contributed by atoms with van der Waals surface area (Å²) in [4.78, 5) is 4.62. The normalized spacial score (nSPS) is 10.9. The van der Waals surface area contributed by atoms with Gasteiger partial charge in [-0.25, -0.2) is 0 Å². The van der Waals surface area contributed by atoms with Gasteiger partial charge in [-0.2, -0.15) is 0 Å². The van der Waals surface area contributed by atoms with Crippen molar-refractivity contribution in [3.63, 3.8) is 0 Å². The summed E-state index contributed by atoms with van der Waals surface area (Å²) in [5.41, 5.74) is 5.62. The zero-order chi connectivity index (χ0) is 16.4. The zero-order valence-electron chi connectivity index (χ0n) is 13.0. The first kappa shape index (κ1) is 14.9. The minimum Gasteiger partial charge on any atom is -0.254 e. The molecule has 0 aliphatic heterocycles. The first-order valence-electron chi connectivity index (χ1n) is 7.89. The third kappa shape index (κ3) is 2.79. The molecule has 115 valence electrons. The van der Waals surface area contributed by atoms with Crippen molar-refractivity contribution >= 4 is 22.5 Å². The van der Waals surface area contributed by atoms with Crippen LogP contribution in [0.5, 0.6) is 0 Å². The van der Waals surface area contributed by atoms with Gasteiger partial charge in [0.1, 0.15) is 0 Å². The molecule has 0 bridgehead atoms. The molecule has 4 aromatic rings. The third-order valence-electron chi connectivity index (χ3n) is 4.16. The summed E-state index contributed by atoms with van der Waals surface area (Å²) in [6.45, 7) is 0. The lowest BCUT2D eigenvalue weighted by Crippen LogP contribution is -1.96. The van der Waals surface area contributed by atoms with Crippen molar-refractivity contribution in [2.45, 2.75) is 6.42 Å². The van der Waals surface area contributed by atoms with Crippen molar-refractivity contribution in [1.29, 1.82) is 0 Å².